The van der Waals surface area contributed by atoms with Crippen LogP contribution in [0.25, 0.3) is 0 Å². The number of amides is 1. The van der Waals surface area contributed by atoms with E-state index in [9.17, 15) is 15.2 Å². The van der Waals surface area contributed by atoms with Gasteiger partial charge in [0.1, 0.15) is 17.0 Å². The van der Waals surface area contributed by atoms with Crippen molar-refractivity contribution in [3.8, 4) is 6.07 Å². The van der Waals surface area contributed by atoms with E-state index in [0.717, 1.165) is 6.07 Å². The summed E-state index contributed by atoms with van der Waals surface area (Å²) in [7, 11) is 0. The van der Waals surface area contributed by atoms with Crippen molar-refractivity contribution in [2.24, 2.45) is 5.41 Å². The molecule has 6 nitrogen and oxygen atoms in total. The topological polar surface area (TPSA) is 96.6 Å². The Morgan fingerprint density at radius 3 is 2.68 bits per heavy atom. The number of rotatable bonds is 7. The Labute approximate surface area is 231 Å². The number of nitrogens with one attached hydrogen (secondary N) is 1. The number of aliphatic hydroxyl groups is 2. The van der Waals surface area contributed by atoms with Crippen molar-refractivity contribution < 1.29 is 23.8 Å². The van der Waals surface area contributed by atoms with Gasteiger partial charge < -0.3 is 15.5 Å². The number of aliphatic hydroxyl groups excluding tert-OH is 2. The number of nitriles is 1. The van der Waals surface area contributed by atoms with Crippen molar-refractivity contribution in [3.05, 3.63) is 69.2 Å². The number of benzene rings is 2. The fraction of sp³-hybridized carbons (Fsp3) is 0.500. The van der Waals surface area contributed by atoms with Crippen molar-refractivity contribution in [2.45, 2.75) is 62.6 Å². The number of piperidine rings is 1. The van der Waals surface area contributed by atoms with Gasteiger partial charge in [-0.1, -0.05) is 55.2 Å². The fourth-order valence-electron chi connectivity index (χ4n) is 6.15. The maximum absolute atomic E-state index is 15.7. The van der Waals surface area contributed by atoms with Crippen LogP contribution in [-0.2, 0) is 10.2 Å². The highest BCUT2D eigenvalue weighted by molar-refractivity contribution is 6.31. The van der Waals surface area contributed by atoms with Gasteiger partial charge in [0.05, 0.1) is 29.8 Å². The summed E-state index contributed by atoms with van der Waals surface area (Å²) in [6, 6.07) is 9.23. The number of carbonyl (C=O) groups is 1. The molecule has 2 saturated heterocycles. The first-order chi connectivity index (χ1) is 18.0. The highest BCUT2D eigenvalue weighted by Gasteiger charge is 2.65. The van der Waals surface area contributed by atoms with Crippen LogP contribution in [0.2, 0.25) is 10.0 Å². The molecule has 3 N–H and O–H groups in total. The van der Waals surface area contributed by atoms with Gasteiger partial charge in [0.25, 0.3) is 0 Å². The minimum absolute atomic E-state index is 0.0486. The van der Waals surface area contributed by atoms with Gasteiger partial charge in [-0.3, -0.25) is 9.69 Å². The molecule has 0 spiro atoms. The zero-order valence-electron chi connectivity index (χ0n) is 21.2. The van der Waals surface area contributed by atoms with E-state index in [1.54, 1.807) is 6.07 Å². The third kappa shape index (κ3) is 5.03. The second kappa shape index (κ2) is 11.1. The predicted molar refractivity (Wildman–Crippen MR) is 141 cm³/mol. The largest absolute Gasteiger partial charge is 0.394 e. The summed E-state index contributed by atoms with van der Waals surface area (Å²) in [6.45, 7) is 4.16. The Bertz CT molecular complexity index is 1250. The van der Waals surface area contributed by atoms with Crippen LogP contribution < -0.4 is 5.32 Å². The maximum atomic E-state index is 15.7. The fourth-order valence-corrected chi connectivity index (χ4v) is 6.49. The molecule has 2 aliphatic heterocycles. The summed E-state index contributed by atoms with van der Waals surface area (Å²) in [6.07, 6.45) is 0.279. The Balaban J connectivity index is 1.95. The minimum Gasteiger partial charge on any atom is -0.394 e. The lowest BCUT2D eigenvalue weighted by atomic mass is 9.61. The zero-order chi connectivity index (χ0) is 27.8. The molecule has 204 valence electrons. The molecule has 2 aromatic carbocycles. The summed E-state index contributed by atoms with van der Waals surface area (Å²) in [4.78, 5) is 15.7. The number of carbonyl (C=O) groups excluding carboxylic acids is 1. The molecule has 0 saturated carbocycles. The molecule has 4 rings (SSSR count). The second-order valence-electron chi connectivity index (χ2n) is 11.0. The van der Waals surface area contributed by atoms with Crippen LogP contribution in [0.1, 0.15) is 50.2 Å². The Morgan fingerprint density at radius 2 is 2.03 bits per heavy atom. The van der Waals surface area contributed by atoms with E-state index in [1.807, 2.05) is 4.90 Å². The number of hydrogen-bond donors (Lipinski definition) is 3. The number of halogens is 4. The van der Waals surface area contributed by atoms with Crippen LogP contribution in [0.3, 0.4) is 0 Å². The van der Waals surface area contributed by atoms with Crippen LogP contribution in [0, 0.1) is 28.4 Å². The molecule has 2 fully saturated rings. The lowest BCUT2D eigenvalue weighted by molar-refractivity contribution is -0.127. The predicted octanol–water partition coefficient (Wildman–Crippen LogP) is 4.55. The van der Waals surface area contributed by atoms with E-state index in [0.29, 0.717) is 19.4 Å². The molecule has 0 radical (unpaired) electrons. The lowest BCUT2D eigenvalue weighted by Gasteiger charge is -2.45. The van der Waals surface area contributed by atoms with Gasteiger partial charge in [-0.05, 0) is 55.0 Å². The molecular formula is C28H31Cl2F2N3O3. The summed E-state index contributed by atoms with van der Waals surface area (Å²) in [5, 5.41) is 32.5. The molecule has 10 heteroatoms. The van der Waals surface area contributed by atoms with E-state index in [4.69, 9.17) is 28.3 Å². The van der Waals surface area contributed by atoms with Crippen LogP contribution in [-0.4, -0.2) is 58.9 Å². The third-order valence-corrected chi connectivity index (χ3v) is 8.54. The maximum Gasteiger partial charge on any atom is 0.238 e. The monoisotopic (exact) mass is 565 g/mol. The van der Waals surface area contributed by atoms with Gasteiger partial charge in [-0.2, -0.15) is 5.26 Å². The first kappa shape index (κ1) is 28.7. The average Bonchev–Trinajstić information content (AvgIpc) is 3.14. The quantitative estimate of drug-likeness (QED) is 0.457. The number of nitrogens with zero attached hydrogens (tertiary/aromatic N) is 2. The molecule has 5 atom stereocenters. The van der Waals surface area contributed by atoms with Gasteiger partial charge in [0.15, 0.2) is 0 Å². The molecule has 2 aromatic rings. The van der Waals surface area contributed by atoms with E-state index in [-0.39, 0.29) is 39.6 Å². The van der Waals surface area contributed by atoms with Crippen LogP contribution in [0.5, 0.6) is 0 Å². The SMILES string of the molecule is CC1(C)CCN2[C@@H](C1)[C@](C#N)(c1ccc(Cl)cc1F)[C@@H](c1cccc(Cl)c1F)[C@@H]2C(=O)NCC[C@H](O)CO. The highest BCUT2D eigenvalue weighted by Crippen LogP contribution is 2.58. The number of fused-ring (bicyclic) bond motifs is 1. The van der Waals surface area contributed by atoms with Gasteiger partial charge in [-0.15, -0.1) is 0 Å². The lowest BCUT2D eigenvalue weighted by Crippen LogP contribution is -2.53. The van der Waals surface area contributed by atoms with Crippen molar-refractivity contribution in [1.82, 2.24) is 10.2 Å². The molecule has 2 aliphatic rings. The smallest absolute Gasteiger partial charge is 0.238 e. The minimum atomic E-state index is -1.65. The van der Waals surface area contributed by atoms with E-state index in [2.05, 4.69) is 25.2 Å². The van der Waals surface area contributed by atoms with Crippen molar-refractivity contribution in [2.75, 3.05) is 19.7 Å². The van der Waals surface area contributed by atoms with Gasteiger partial charge in [0.2, 0.25) is 5.91 Å². The van der Waals surface area contributed by atoms with Gasteiger partial charge in [0, 0.05) is 29.1 Å². The molecule has 0 unspecified atom stereocenters. The Morgan fingerprint density at radius 1 is 1.29 bits per heavy atom. The van der Waals surface area contributed by atoms with Crippen LogP contribution >= 0.6 is 23.2 Å². The Kier molecular flexibility index (Phi) is 8.37. The van der Waals surface area contributed by atoms with Crippen molar-refractivity contribution in [3.63, 3.8) is 0 Å². The summed E-state index contributed by atoms with van der Waals surface area (Å²) in [5.74, 6) is -3.05. The standard InChI is InChI=1S/C28H31Cl2F2N3O3/c1-27(2)9-11-35-22(13-27)28(15-33,19-7-6-16(29)12-21(19)31)23(18-4-3-5-20(30)24(18)32)25(35)26(38)34-10-8-17(37)14-36/h3-7,12,17,22-23,25,36-37H,8-11,13-14H2,1-2H3,(H,34,38)/t17-,22-,23-,25+,28-/m0/s1. The first-order valence-corrected chi connectivity index (χ1v) is 13.4. The molecule has 38 heavy (non-hydrogen) atoms. The molecule has 0 bridgehead atoms. The third-order valence-electron chi connectivity index (χ3n) is 8.02. The Hall–Kier alpha value is -2.28. The molecular weight excluding hydrogens is 535 g/mol. The zero-order valence-corrected chi connectivity index (χ0v) is 22.7. The molecule has 0 aliphatic carbocycles. The summed E-state index contributed by atoms with van der Waals surface area (Å²) < 4.78 is 31.4. The van der Waals surface area contributed by atoms with Crippen LogP contribution in [0.4, 0.5) is 8.78 Å². The molecule has 2 heterocycles. The van der Waals surface area contributed by atoms with E-state index >= 15 is 8.78 Å². The van der Waals surface area contributed by atoms with Crippen LogP contribution in [0.15, 0.2) is 36.4 Å². The second-order valence-corrected chi connectivity index (χ2v) is 11.8. The normalized spacial score (nSPS) is 27.4. The van der Waals surface area contributed by atoms with Gasteiger partial charge >= 0.3 is 0 Å². The summed E-state index contributed by atoms with van der Waals surface area (Å²) in [5.41, 5.74) is -1.77. The first-order valence-electron chi connectivity index (χ1n) is 12.6. The van der Waals surface area contributed by atoms with Crippen molar-refractivity contribution in [1.29, 1.82) is 5.26 Å². The summed E-state index contributed by atoms with van der Waals surface area (Å²) >= 11 is 12.2. The highest BCUT2D eigenvalue weighted by atomic mass is 35.5. The molecule has 1 amide bonds. The number of hydrogen-bond acceptors (Lipinski definition) is 5. The molecule has 0 aromatic heterocycles. The van der Waals surface area contributed by atoms with E-state index < -0.39 is 53.7 Å². The van der Waals surface area contributed by atoms with E-state index in [1.165, 1.54) is 24.3 Å². The average molecular weight is 566 g/mol. The van der Waals surface area contributed by atoms with Crippen molar-refractivity contribution >= 4 is 29.1 Å². The van der Waals surface area contributed by atoms with Gasteiger partial charge in [-0.25, -0.2) is 8.78 Å².